The van der Waals surface area contributed by atoms with Crippen LogP contribution in [0.1, 0.15) is 56.8 Å². The Morgan fingerprint density at radius 1 is 1.17 bits per heavy atom. The van der Waals surface area contributed by atoms with Crippen LogP contribution in [0.3, 0.4) is 0 Å². The minimum atomic E-state index is -2.06. The highest BCUT2D eigenvalue weighted by Gasteiger charge is 2.77. The number of hydrogen-bond donors (Lipinski definition) is 2. The number of allylic oxidation sites excluding steroid dienone is 4. The summed E-state index contributed by atoms with van der Waals surface area (Å²) in [7, 11) is 0. The maximum atomic E-state index is 17.4. The summed E-state index contributed by atoms with van der Waals surface area (Å²) in [6.45, 7) is 4.51. The average molecular weight is 497 g/mol. The van der Waals surface area contributed by atoms with Gasteiger partial charge in [-0.1, -0.05) is 43.7 Å². The molecular weight excluding hydrogens is 463 g/mol. The Hall–Kier alpha value is -2.64. The van der Waals surface area contributed by atoms with Crippen molar-refractivity contribution < 1.29 is 33.7 Å². The first-order valence-corrected chi connectivity index (χ1v) is 12.7. The predicted octanol–water partition coefficient (Wildman–Crippen LogP) is 3.76. The van der Waals surface area contributed by atoms with Gasteiger partial charge in [-0.25, -0.2) is 9.18 Å². The molecule has 3 fully saturated rings. The molecule has 1 aromatic carbocycles. The van der Waals surface area contributed by atoms with Gasteiger partial charge in [0.2, 0.25) is 5.78 Å². The quantitative estimate of drug-likeness (QED) is 0.616. The summed E-state index contributed by atoms with van der Waals surface area (Å²) < 4.78 is 23.4. The first-order valence-electron chi connectivity index (χ1n) is 12.7. The first kappa shape index (κ1) is 25.0. The van der Waals surface area contributed by atoms with Crippen LogP contribution < -0.4 is 0 Å². The minimum absolute atomic E-state index is 0.118. The number of carbonyl (C=O) groups is 3. The summed E-state index contributed by atoms with van der Waals surface area (Å²) in [6, 6.07) is 8.33. The van der Waals surface area contributed by atoms with Crippen molar-refractivity contribution in [1.82, 2.24) is 0 Å². The molecule has 7 heteroatoms. The molecule has 0 aromatic heterocycles. The molecule has 0 aliphatic heterocycles. The molecule has 0 saturated heterocycles. The van der Waals surface area contributed by atoms with E-state index in [9.17, 15) is 24.6 Å². The number of benzene rings is 1. The molecule has 1 aromatic rings. The molecule has 0 spiro atoms. The molecule has 2 N–H and O–H groups in total. The summed E-state index contributed by atoms with van der Waals surface area (Å²) in [6.07, 6.45) is 4.16. The monoisotopic (exact) mass is 496 g/mol. The van der Waals surface area contributed by atoms with E-state index in [2.05, 4.69) is 0 Å². The lowest BCUT2D eigenvalue weighted by Crippen LogP contribution is -2.70. The number of hydrogen-bond acceptors (Lipinski definition) is 6. The number of carbonyl (C=O) groups excluding carboxylic acids is 3. The van der Waals surface area contributed by atoms with Gasteiger partial charge in [-0.2, -0.15) is 0 Å². The highest BCUT2D eigenvalue weighted by atomic mass is 19.1. The van der Waals surface area contributed by atoms with Crippen molar-refractivity contribution in [3.8, 4) is 0 Å². The number of aliphatic hydroxyl groups is 2. The minimum Gasteiger partial charge on any atom is -0.446 e. The van der Waals surface area contributed by atoms with E-state index in [0.717, 1.165) is 0 Å². The largest absolute Gasteiger partial charge is 0.446 e. The van der Waals surface area contributed by atoms with Gasteiger partial charge < -0.3 is 14.9 Å². The zero-order valence-corrected chi connectivity index (χ0v) is 20.9. The fourth-order valence-corrected chi connectivity index (χ4v) is 8.30. The number of ether oxygens (including phenoxy) is 1. The molecule has 5 rings (SSSR count). The van der Waals surface area contributed by atoms with Gasteiger partial charge in [-0.15, -0.1) is 0 Å². The van der Waals surface area contributed by atoms with Gasteiger partial charge in [-0.3, -0.25) is 9.59 Å². The molecule has 3 saturated carbocycles. The van der Waals surface area contributed by atoms with Gasteiger partial charge in [0, 0.05) is 22.7 Å². The molecular formula is C29H33FO6. The third-order valence-corrected chi connectivity index (χ3v) is 10.0. The van der Waals surface area contributed by atoms with Crippen LogP contribution in [0.25, 0.3) is 0 Å². The molecule has 4 aliphatic rings. The number of alkyl halides is 1. The SMILES string of the molecule is C[C@H]1C[C@H]2[C@H]3CCC4=CC(=O)C=C[C@]4(C)[C@@]3(F)[C@@H](O)C[C@]2(C)[C@@]1(OC(=O)c1ccccc1)C(=O)CO. The summed E-state index contributed by atoms with van der Waals surface area (Å²) in [5, 5.41) is 21.5. The van der Waals surface area contributed by atoms with Crippen molar-refractivity contribution in [2.24, 2.45) is 28.6 Å². The number of esters is 1. The Kier molecular flexibility index (Phi) is 5.69. The Morgan fingerprint density at radius 2 is 1.86 bits per heavy atom. The van der Waals surface area contributed by atoms with E-state index in [0.29, 0.717) is 24.8 Å². The van der Waals surface area contributed by atoms with E-state index < -0.39 is 58.4 Å². The Bertz CT molecular complexity index is 1180. The van der Waals surface area contributed by atoms with E-state index in [-0.39, 0.29) is 23.7 Å². The second-order valence-electron chi connectivity index (χ2n) is 11.5. The Morgan fingerprint density at radius 3 is 2.53 bits per heavy atom. The lowest BCUT2D eigenvalue weighted by Gasteiger charge is -2.62. The van der Waals surface area contributed by atoms with Crippen LogP contribution in [0.4, 0.5) is 4.39 Å². The molecule has 0 bridgehead atoms. The average Bonchev–Trinajstić information content (AvgIpc) is 3.07. The third kappa shape index (κ3) is 2.99. The van der Waals surface area contributed by atoms with E-state index in [4.69, 9.17) is 4.74 Å². The van der Waals surface area contributed by atoms with Crippen molar-refractivity contribution in [2.75, 3.05) is 6.61 Å². The first-order chi connectivity index (χ1) is 17.0. The van der Waals surface area contributed by atoms with Gasteiger partial charge in [0.05, 0.1) is 11.7 Å². The van der Waals surface area contributed by atoms with Crippen LogP contribution in [-0.2, 0) is 14.3 Å². The van der Waals surface area contributed by atoms with Gasteiger partial charge in [0.1, 0.15) is 6.61 Å². The zero-order valence-electron chi connectivity index (χ0n) is 20.9. The van der Waals surface area contributed by atoms with Crippen LogP contribution >= 0.6 is 0 Å². The molecule has 6 nitrogen and oxygen atoms in total. The molecule has 0 unspecified atom stereocenters. The van der Waals surface area contributed by atoms with Crippen LogP contribution in [0, 0.1) is 28.6 Å². The van der Waals surface area contributed by atoms with Gasteiger partial charge in [-0.05, 0) is 62.8 Å². The predicted molar refractivity (Wildman–Crippen MR) is 130 cm³/mol. The Labute approximate surface area is 210 Å². The number of Topliss-reactive ketones (excluding diaryl/α,β-unsaturated/α-hetero) is 1. The second-order valence-corrected chi connectivity index (χ2v) is 11.5. The van der Waals surface area contributed by atoms with Gasteiger partial charge in [0.15, 0.2) is 17.1 Å². The molecule has 8 atom stereocenters. The summed E-state index contributed by atoms with van der Waals surface area (Å²) >= 11 is 0. The van der Waals surface area contributed by atoms with Crippen LogP contribution in [0.2, 0.25) is 0 Å². The topological polar surface area (TPSA) is 101 Å². The van der Waals surface area contributed by atoms with Crippen molar-refractivity contribution >= 4 is 17.5 Å². The molecule has 4 aliphatic carbocycles. The summed E-state index contributed by atoms with van der Waals surface area (Å²) in [5.74, 6) is -3.01. The zero-order chi connectivity index (χ0) is 26.1. The fraction of sp³-hybridized carbons (Fsp3) is 0.552. The second kappa shape index (κ2) is 8.18. The Balaban J connectivity index is 1.61. The molecule has 0 amide bonds. The van der Waals surface area contributed by atoms with Gasteiger partial charge in [0.25, 0.3) is 0 Å². The lowest BCUT2D eigenvalue weighted by molar-refractivity contribution is -0.219. The van der Waals surface area contributed by atoms with Crippen molar-refractivity contribution in [3.63, 3.8) is 0 Å². The van der Waals surface area contributed by atoms with Crippen LogP contribution in [-0.4, -0.2) is 51.7 Å². The smallest absolute Gasteiger partial charge is 0.339 e. The highest BCUT2D eigenvalue weighted by Crippen LogP contribution is 2.71. The molecule has 36 heavy (non-hydrogen) atoms. The third-order valence-electron chi connectivity index (χ3n) is 10.0. The molecule has 192 valence electrons. The van der Waals surface area contributed by atoms with Crippen molar-refractivity contribution in [1.29, 1.82) is 0 Å². The number of ketones is 2. The highest BCUT2D eigenvalue weighted by molar-refractivity contribution is 6.01. The van der Waals surface area contributed by atoms with E-state index in [1.54, 1.807) is 57.2 Å². The summed E-state index contributed by atoms with van der Waals surface area (Å²) in [5.41, 5.74) is -5.06. The molecule has 0 radical (unpaired) electrons. The van der Waals surface area contributed by atoms with E-state index in [1.165, 1.54) is 12.2 Å². The van der Waals surface area contributed by atoms with Crippen LogP contribution in [0.15, 0.2) is 54.1 Å². The number of halogens is 1. The van der Waals surface area contributed by atoms with E-state index >= 15 is 4.39 Å². The summed E-state index contributed by atoms with van der Waals surface area (Å²) in [4.78, 5) is 38.8. The van der Waals surface area contributed by atoms with Crippen molar-refractivity contribution in [2.45, 2.75) is 63.8 Å². The van der Waals surface area contributed by atoms with E-state index in [1.807, 2.05) is 0 Å². The standard InChI is InChI=1S/C29H33FO6/c1-17-13-22-21-10-9-19-14-20(32)11-12-26(19,2)28(21,30)23(33)15-27(22,3)29(17,24(34)16-31)36-25(35)18-7-5-4-6-8-18/h4-8,11-12,14,17,21-23,31,33H,9-10,13,15-16H2,1-3H3/t17-,21+,22-,23-,26-,27-,28-,29-/m0/s1. The van der Waals surface area contributed by atoms with Crippen LogP contribution in [0.5, 0.6) is 0 Å². The maximum Gasteiger partial charge on any atom is 0.339 e. The lowest BCUT2D eigenvalue weighted by atomic mass is 9.44. The number of fused-ring (bicyclic) bond motifs is 5. The van der Waals surface area contributed by atoms with Gasteiger partial charge >= 0.3 is 5.97 Å². The number of aliphatic hydroxyl groups excluding tert-OH is 2. The van der Waals surface area contributed by atoms with Crippen molar-refractivity contribution in [3.05, 3.63) is 59.7 Å². The number of rotatable bonds is 4. The molecule has 0 heterocycles. The fourth-order valence-electron chi connectivity index (χ4n) is 8.30. The normalized spacial score (nSPS) is 43.2. The maximum absolute atomic E-state index is 17.4.